The lowest BCUT2D eigenvalue weighted by Crippen LogP contribution is -2.46. The van der Waals surface area contributed by atoms with Crippen molar-refractivity contribution in [3.63, 3.8) is 0 Å². The molecule has 0 bridgehead atoms. The summed E-state index contributed by atoms with van der Waals surface area (Å²) in [6, 6.07) is 19.0. The van der Waals surface area contributed by atoms with E-state index < -0.39 is 11.8 Å². The topological polar surface area (TPSA) is 79.0 Å². The lowest BCUT2D eigenvalue weighted by molar-refractivity contribution is -0.142. The minimum absolute atomic E-state index is 0.0183. The van der Waals surface area contributed by atoms with Crippen LogP contribution in [0.4, 0.5) is 0 Å². The zero-order valence-electron chi connectivity index (χ0n) is 18.4. The summed E-state index contributed by atoms with van der Waals surface area (Å²) in [4.78, 5) is 27.1. The molecule has 7 heteroatoms. The minimum atomic E-state index is -0.555. The largest absolute Gasteiger partial charge is 0.271 e. The van der Waals surface area contributed by atoms with Crippen LogP contribution >= 0.6 is 15.9 Å². The first-order valence-electron chi connectivity index (χ1n) is 10.4. The Morgan fingerprint density at radius 1 is 1.03 bits per heavy atom. The third kappa shape index (κ3) is 4.18. The van der Waals surface area contributed by atoms with Crippen molar-refractivity contribution in [3.05, 3.63) is 87.5 Å². The van der Waals surface area contributed by atoms with E-state index in [0.29, 0.717) is 22.4 Å². The second-order valence-electron chi connectivity index (χ2n) is 7.96. The Balaban J connectivity index is 1.94. The van der Waals surface area contributed by atoms with Crippen LogP contribution in [0.5, 0.6) is 0 Å². The molecule has 0 N–H and O–H groups in total. The van der Waals surface area contributed by atoms with Gasteiger partial charge in [0.05, 0.1) is 11.4 Å². The zero-order chi connectivity index (χ0) is 23.7. The van der Waals surface area contributed by atoms with Crippen molar-refractivity contribution >= 4 is 33.8 Å². The van der Waals surface area contributed by atoms with Crippen LogP contribution < -0.4 is 0 Å². The predicted molar refractivity (Wildman–Crippen MR) is 130 cm³/mol. The summed E-state index contributed by atoms with van der Waals surface area (Å²) in [5.74, 6) is -0.971. The summed E-state index contributed by atoms with van der Waals surface area (Å²) in [5.41, 5.74) is 3.81. The normalized spacial score (nSPS) is 15.5. The molecule has 0 radical (unpaired) electrons. The average molecular weight is 501 g/mol. The van der Waals surface area contributed by atoms with E-state index in [-0.39, 0.29) is 11.6 Å². The number of benzene rings is 2. The van der Waals surface area contributed by atoms with Crippen molar-refractivity contribution in [2.24, 2.45) is 0 Å². The second-order valence-corrected chi connectivity index (χ2v) is 8.88. The smallest absolute Gasteiger partial charge is 0.271 e. The third-order valence-electron chi connectivity index (χ3n) is 5.47. The van der Waals surface area contributed by atoms with Gasteiger partial charge in [0.25, 0.3) is 11.8 Å². The Hall–Kier alpha value is -3.76. The molecule has 1 aliphatic heterocycles. The number of para-hydroxylation sites is 1. The van der Waals surface area contributed by atoms with E-state index in [1.807, 2.05) is 66.9 Å². The van der Waals surface area contributed by atoms with Gasteiger partial charge in [-0.2, -0.15) is 10.4 Å². The van der Waals surface area contributed by atoms with E-state index in [1.165, 1.54) is 0 Å². The zero-order valence-corrected chi connectivity index (χ0v) is 20.0. The lowest BCUT2D eigenvalue weighted by atomic mass is 9.92. The van der Waals surface area contributed by atoms with E-state index in [2.05, 4.69) is 15.9 Å². The molecule has 164 valence electrons. The minimum Gasteiger partial charge on any atom is -0.271 e. The average Bonchev–Trinajstić information content (AvgIpc) is 3.22. The SMILES string of the molecule is CC1=C(C#N)C(=O)N(C(C)C)C(=O)/C1=C/c1cn(-c2ccccc2)nc1-c1ccc(Br)cc1. The van der Waals surface area contributed by atoms with Gasteiger partial charge in [-0.25, -0.2) is 4.68 Å². The number of carbonyl (C=O) groups is 2. The van der Waals surface area contributed by atoms with Crippen LogP contribution in [0.2, 0.25) is 0 Å². The Labute approximate surface area is 200 Å². The maximum atomic E-state index is 13.3. The van der Waals surface area contributed by atoms with Crippen LogP contribution in [0, 0.1) is 11.3 Å². The van der Waals surface area contributed by atoms with Crippen LogP contribution in [-0.4, -0.2) is 32.5 Å². The molecule has 2 heterocycles. The van der Waals surface area contributed by atoms with Crippen molar-refractivity contribution in [2.75, 3.05) is 0 Å². The van der Waals surface area contributed by atoms with Gasteiger partial charge in [0.2, 0.25) is 0 Å². The molecule has 1 aliphatic rings. The molecule has 0 saturated carbocycles. The van der Waals surface area contributed by atoms with E-state index >= 15 is 0 Å². The number of carbonyl (C=O) groups excluding carboxylic acids is 2. The molecule has 0 spiro atoms. The Kier molecular flexibility index (Phi) is 6.12. The molecule has 1 aromatic heterocycles. The van der Waals surface area contributed by atoms with Gasteiger partial charge in [0, 0.05) is 33.4 Å². The molecule has 4 rings (SSSR count). The fourth-order valence-electron chi connectivity index (χ4n) is 3.76. The van der Waals surface area contributed by atoms with Gasteiger partial charge in [-0.15, -0.1) is 0 Å². The standard InChI is InChI=1S/C26H21BrN4O2/c1-16(2)31-25(32)22(17(3)23(14-28)26(31)33)13-19-15-30(21-7-5-4-6-8-21)29-24(19)18-9-11-20(27)12-10-18/h4-13,15-16H,1-3H3/b22-13+. The van der Waals surface area contributed by atoms with Gasteiger partial charge in [-0.1, -0.05) is 46.3 Å². The molecule has 0 fully saturated rings. The second kappa shape index (κ2) is 9.00. The first-order chi connectivity index (χ1) is 15.8. The van der Waals surface area contributed by atoms with Gasteiger partial charge < -0.3 is 0 Å². The van der Waals surface area contributed by atoms with Crippen LogP contribution in [0.25, 0.3) is 23.0 Å². The van der Waals surface area contributed by atoms with Crippen molar-refractivity contribution in [2.45, 2.75) is 26.8 Å². The number of hydrogen-bond acceptors (Lipinski definition) is 4. The summed E-state index contributed by atoms with van der Waals surface area (Å²) in [7, 11) is 0. The van der Waals surface area contributed by atoms with Crippen LogP contribution in [0.1, 0.15) is 26.3 Å². The van der Waals surface area contributed by atoms with Crippen molar-refractivity contribution in [1.82, 2.24) is 14.7 Å². The van der Waals surface area contributed by atoms with E-state index in [4.69, 9.17) is 5.10 Å². The highest BCUT2D eigenvalue weighted by Crippen LogP contribution is 2.32. The molecule has 2 amide bonds. The van der Waals surface area contributed by atoms with Gasteiger partial charge >= 0.3 is 0 Å². The molecule has 6 nitrogen and oxygen atoms in total. The lowest BCUT2D eigenvalue weighted by Gasteiger charge is -2.30. The molecule has 33 heavy (non-hydrogen) atoms. The van der Waals surface area contributed by atoms with Gasteiger partial charge in [0.1, 0.15) is 11.6 Å². The van der Waals surface area contributed by atoms with Crippen LogP contribution in [0.15, 0.2) is 82.0 Å². The molecule has 0 aliphatic carbocycles. The molecule has 0 saturated heterocycles. The molecule has 0 atom stereocenters. The predicted octanol–water partition coefficient (Wildman–Crippen LogP) is 5.30. The number of nitrogens with zero attached hydrogens (tertiary/aromatic N) is 4. The summed E-state index contributed by atoms with van der Waals surface area (Å²) in [5, 5.41) is 14.4. The number of halogens is 1. The fraction of sp³-hybridized carbons (Fsp3) is 0.154. The Bertz CT molecular complexity index is 1340. The molecular formula is C26H21BrN4O2. The highest BCUT2D eigenvalue weighted by Gasteiger charge is 2.37. The highest BCUT2D eigenvalue weighted by molar-refractivity contribution is 9.10. The van der Waals surface area contributed by atoms with Crippen LogP contribution in [0.3, 0.4) is 0 Å². The molecule has 3 aromatic rings. The Morgan fingerprint density at radius 3 is 2.30 bits per heavy atom. The summed E-state index contributed by atoms with van der Waals surface area (Å²) < 4.78 is 2.70. The molecule has 2 aromatic carbocycles. The van der Waals surface area contributed by atoms with E-state index in [0.717, 1.165) is 20.6 Å². The van der Waals surface area contributed by atoms with Gasteiger partial charge in [-0.05, 0) is 56.7 Å². The Morgan fingerprint density at radius 2 is 1.70 bits per heavy atom. The van der Waals surface area contributed by atoms with Crippen molar-refractivity contribution < 1.29 is 9.59 Å². The first kappa shape index (κ1) is 22.4. The number of hydrogen-bond donors (Lipinski definition) is 0. The monoisotopic (exact) mass is 500 g/mol. The van der Waals surface area contributed by atoms with E-state index in [1.54, 1.807) is 31.5 Å². The fourth-order valence-corrected chi connectivity index (χ4v) is 4.03. The summed E-state index contributed by atoms with van der Waals surface area (Å²) in [6.45, 7) is 5.15. The number of amides is 2. The van der Waals surface area contributed by atoms with E-state index in [9.17, 15) is 14.9 Å². The first-order valence-corrected chi connectivity index (χ1v) is 11.2. The number of rotatable bonds is 4. The maximum Gasteiger partial charge on any atom is 0.271 e. The van der Waals surface area contributed by atoms with Crippen molar-refractivity contribution in [1.29, 1.82) is 5.26 Å². The third-order valence-corrected chi connectivity index (χ3v) is 6.00. The summed E-state index contributed by atoms with van der Waals surface area (Å²) >= 11 is 3.46. The number of nitriles is 1. The molecule has 0 unspecified atom stereocenters. The van der Waals surface area contributed by atoms with Gasteiger partial charge in [0.15, 0.2) is 0 Å². The maximum absolute atomic E-state index is 13.3. The quantitative estimate of drug-likeness (QED) is 0.359. The highest BCUT2D eigenvalue weighted by atomic mass is 79.9. The van der Waals surface area contributed by atoms with Crippen molar-refractivity contribution in [3.8, 4) is 23.0 Å². The van der Waals surface area contributed by atoms with Crippen LogP contribution in [-0.2, 0) is 9.59 Å². The number of imide groups is 1. The van der Waals surface area contributed by atoms with Gasteiger partial charge in [-0.3, -0.25) is 14.5 Å². The number of aromatic nitrogens is 2. The summed E-state index contributed by atoms with van der Waals surface area (Å²) in [6.07, 6.45) is 3.57. The molecular weight excluding hydrogens is 480 g/mol.